The van der Waals surface area contributed by atoms with Crippen molar-refractivity contribution < 1.29 is 4.74 Å². The Kier molecular flexibility index (Phi) is 6.01. The zero-order chi connectivity index (χ0) is 12.7. The van der Waals surface area contributed by atoms with Crippen molar-refractivity contribution in [1.29, 1.82) is 0 Å². The van der Waals surface area contributed by atoms with Gasteiger partial charge in [0, 0.05) is 25.4 Å². The lowest BCUT2D eigenvalue weighted by Crippen LogP contribution is -2.27. The second kappa shape index (κ2) is 7.30. The fourth-order valence-corrected chi connectivity index (χ4v) is 1.73. The van der Waals surface area contributed by atoms with E-state index in [1.54, 1.807) is 0 Å². The average molecular weight is 236 g/mol. The predicted molar refractivity (Wildman–Crippen MR) is 73.0 cm³/mol. The summed E-state index contributed by atoms with van der Waals surface area (Å²) in [6.07, 6.45) is 0. The average Bonchev–Trinajstić information content (AvgIpc) is 2.32. The smallest absolute Gasteiger partial charge is 0.0593 e. The van der Waals surface area contributed by atoms with Gasteiger partial charge in [0.1, 0.15) is 0 Å². The minimum atomic E-state index is 0.787. The van der Waals surface area contributed by atoms with Crippen LogP contribution in [0.25, 0.3) is 0 Å². The summed E-state index contributed by atoms with van der Waals surface area (Å²) in [6, 6.07) is 6.30. The van der Waals surface area contributed by atoms with E-state index in [9.17, 15) is 0 Å². The highest BCUT2D eigenvalue weighted by atomic mass is 16.5. The Morgan fingerprint density at radius 2 is 2.06 bits per heavy atom. The highest BCUT2D eigenvalue weighted by Gasteiger charge is 2.04. The van der Waals surface area contributed by atoms with Crippen LogP contribution in [0.15, 0.2) is 18.2 Å². The molecule has 1 aromatic carbocycles. The number of rotatable bonds is 7. The van der Waals surface area contributed by atoms with E-state index in [1.165, 1.54) is 5.56 Å². The van der Waals surface area contributed by atoms with E-state index in [2.05, 4.69) is 30.0 Å². The molecule has 0 aliphatic rings. The summed E-state index contributed by atoms with van der Waals surface area (Å²) in [7, 11) is 0. The van der Waals surface area contributed by atoms with E-state index in [-0.39, 0.29) is 0 Å². The summed E-state index contributed by atoms with van der Waals surface area (Å²) in [5, 5.41) is 0. The number of likely N-dealkylation sites (N-methyl/N-ethyl adjacent to an activating group) is 1. The molecular weight excluding hydrogens is 212 g/mol. The Labute approximate surface area is 105 Å². The second-order valence-corrected chi connectivity index (χ2v) is 4.26. The van der Waals surface area contributed by atoms with Crippen molar-refractivity contribution in [2.45, 2.75) is 27.3 Å². The Hall–Kier alpha value is -1.06. The first kappa shape index (κ1) is 14.0. The first-order valence-corrected chi connectivity index (χ1v) is 6.32. The van der Waals surface area contributed by atoms with E-state index < -0.39 is 0 Å². The molecule has 0 radical (unpaired) electrons. The van der Waals surface area contributed by atoms with Gasteiger partial charge in [-0.15, -0.1) is 0 Å². The van der Waals surface area contributed by atoms with Crippen molar-refractivity contribution in [1.82, 2.24) is 4.90 Å². The van der Waals surface area contributed by atoms with Crippen molar-refractivity contribution in [2.75, 3.05) is 32.0 Å². The molecule has 0 aliphatic carbocycles. The summed E-state index contributed by atoms with van der Waals surface area (Å²) in [5.41, 5.74) is 9.21. The maximum absolute atomic E-state index is 5.92. The van der Waals surface area contributed by atoms with Crippen molar-refractivity contribution in [2.24, 2.45) is 0 Å². The summed E-state index contributed by atoms with van der Waals surface area (Å²) < 4.78 is 5.38. The van der Waals surface area contributed by atoms with Gasteiger partial charge in [-0.1, -0.05) is 19.1 Å². The molecule has 0 amide bonds. The maximum Gasteiger partial charge on any atom is 0.0593 e. The van der Waals surface area contributed by atoms with E-state index >= 15 is 0 Å². The van der Waals surface area contributed by atoms with E-state index in [0.29, 0.717) is 0 Å². The third kappa shape index (κ3) is 4.75. The van der Waals surface area contributed by atoms with Gasteiger partial charge in [0.25, 0.3) is 0 Å². The van der Waals surface area contributed by atoms with Crippen LogP contribution in [0.1, 0.15) is 25.0 Å². The number of nitrogens with zero attached hydrogens (tertiary/aromatic N) is 1. The van der Waals surface area contributed by atoms with Crippen molar-refractivity contribution in [3.05, 3.63) is 29.3 Å². The molecule has 0 unspecified atom stereocenters. The number of ether oxygens (including phenoxy) is 1. The summed E-state index contributed by atoms with van der Waals surface area (Å²) in [4.78, 5) is 2.36. The molecule has 0 saturated heterocycles. The lowest BCUT2D eigenvalue weighted by molar-refractivity contribution is 0.113. The molecule has 3 nitrogen and oxygen atoms in total. The van der Waals surface area contributed by atoms with E-state index in [4.69, 9.17) is 10.5 Å². The third-order valence-electron chi connectivity index (χ3n) is 2.95. The molecule has 0 spiro atoms. The lowest BCUT2D eigenvalue weighted by atomic mass is 10.1. The molecule has 3 heteroatoms. The quantitative estimate of drug-likeness (QED) is 0.584. The van der Waals surface area contributed by atoms with Crippen LogP contribution in [0.2, 0.25) is 0 Å². The number of hydrogen-bond acceptors (Lipinski definition) is 3. The number of nitrogens with two attached hydrogens (primary N) is 1. The molecule has 96 valence electrons. The van der Waals surface area contributed by atoms with Crippen LogP contribution in [0.5, 0.6) is 0 Å². The molecule has 0 aromatic heterocycles. The Balaban J connectivity index is 2.51. The topological polar surface area (TPSA) is 38.5 Å². The number of nitrogen functional groups attached to an aromatic ring is 1. The van der Waals surface area contributed by atoms with Crippen molar-refractivity contribution in [3.8, 4) is 0 Å². The fraction of sp³-hybridized carbons (Fsp3) is 0.571. The van der Waals surface area contributed by atoms with Crippen LogP contribution in [0, 0.1) is 6.92 Å². The molecule has 17 heavy (non-hydrogen) atoms. The first-order valence-electron chi connectivity index (χ1n) is 6.32. The van der Waals surface area contributed by atoms with Crippen molar-refractivity contribution in [3.63, 3.8) is 0 Å². The zero-order valence-electron chi connectivity index (χ0n) is 11.2. The second-order valence-electron chi connectivity index (χ2n) is 4.26. The Morgan fingerprint density at radius 3 is 2.65 bits per heavy atom. The van der Waals surface area contributed by atoms with Gasteiger partial charge in [-0.25, -0.2) is 0 Å². The van der Waals surface area contributed by atoms with Crippen LogP contribution in [0.3, 0.4) is 0 Å². The molecule has 0 heterocycles. The van der Waals surface area contributed by atoms with Crippen LogP contribution in [-0.4, -0.2) is 31.2 Å². The van der Waals surface area contributed by atoms with Gasteiger partial charge in [-0.05, 0) is 37.6 Å². The largest absolute Gasteiger partial charge is 0.399 e. The lowest BCUT2D eigenvalue weighted by Gasteiger charge is -2.20. The fourth-order valence-electron chi connectivity index (χ4n) is 1.73. The Morgan fingerprint density at radius 1 is 1.29 bits per heavy atom. The normalized spacial score (nSPS) is 11.1. The molecule has 1 aromatic rings. The summed E-state index contributed by atoms with van der Waals surface area (Å²) >= 11 is 0. The van der Waals surface area contributed by atoms with Crippen LogP contribution in [0.4, 0.5) is 5.69 Å². The highest BCUT2D eigenvalue weighted by molar-refractivity contribution is 5.48. The van der Waals surface area contributed by atoms with E-state index in [1.807, 2.05) is 13.8 Å². The van der Waals surface area contributed by atoms with Crippen molar-refractivity contribution >= 4 is 5.69 Å². The van der Waals surface area contributed by atoms with Gasteiger partial charge in [0.05, 0.1) is 6.61 Å². The summed E-state index contributed by atoms with van der Waals surface area (Å²) in [5.74, 6) is 0. The number of anilines is 1. The monoisotopic (exact) mass is 236 g/mol. The van der Waals surface area contributed by atoms with Gasteiger partial charge >= 0.3 is 0 Å². The summed E-state index contributed by atoms with van der Waals surface area (Å²) in [6.45, 7) is 10.7. The standard InChI is InChI=1S/C14H24N2O/c1-4-16(8-9-17-5-2)11-13-7-6-12(3)14(15)10-13/h6-7,10H,4-5,8-9,11,15H2,1-3H3. The number of hydrogen-bond donors (Lipinski definition) is 1. The van der Waals surface area contributed by atoms with Crippen LogP contribution >= 0.6 is 0 Å². The van der Waals surface area contributed by atoms with Gasteiger partial charge in [0.15, 0.2) is 0 Å². The first-order chi connectivity index (χ1) is 8.17. The zero-order valence-corrected chi connectivity index (χ0v) is 11.2. The van der Waals surface area contributed by atoms with Gasteiger partial charge in [-0.3, -0.25) is 4.90 Å². The molecule has 0 bridgehead atoms. The number of aryl methyl sites for hydroxylation is 1. The van der Waals surface area contributed by atoms with Crippen LogP contribution < -0.4 is 5.73 Å². The van der Waals surface area contributed by atoms with Gasteiger partial charge in [0.2, 0.25) is 0 Å². The van der Waals surface area contributed by atoms with E-state index in [0.717, 1.165) is 44.1 Å². The molecule has 1 rings (SSSR count). The SMILES string of the molecule is CCOCCN(CC)Cc1ccc(C)c(N)c1. The molecule has 0 aliphatic heterocycles. The minimum Gasteiger partial charge on any atom is -0.399 e. The van der Waals surface area contributed by atoms with Gasteiger partial charge in [-0.2, -0.15) is 0 Å². The minimum absolute atomic E-state index is 0.787. The number of benzene rings is 1. The maximum atomic E-state index is 5.92. The molecule has 0 atom stereocenters. The molecule has 0 saturated carbocycles. The third-order valence-corrected chi connectivity index (χ3v) is 2.95. The molecule has 0 fully saturated rings. The van der Waals surface area contributed by atoms with Crippen LogP contribution in [-0.2, 0) is 11.3 Å². The predicted octanol–water partition coefficient (Wildman–Crippen LogP) is 2.44. The Bertz CT molecular complexity index is 339. The molecule has 2 N–H and O–H groups in total. The highest BCUT2D eigenvalue weighted by Crippen LogP contribution is 2.14. The van der Waals surface area contributed by atoms with Gasteiger partial charge < -0.3 is 10.5 Å². The molecular formula is C14H24N2O.